The van der Waals surface area contributed by atoms with Crippen LogP contribution in [-0.4, -0.2) is 16.1 Å². The van der Waals surface area contributed by atoms with E-state index in [1.165, 1.54) is 6.42 Å². The minimum absolute atomic E-state index is 0.665. The molecule has 1 radical (unpaired) electrons. The zero-order chi connectivity index (χ0) is 10.1. The molecule has 0 aliphatic rings. The van der Waals surface area contributed by atoms with Gasteiger partial charge in [-0.1, -0.05) is 18.2 Å². The summed E-state index contributed by atoms with van der Waals surface area (Å²) in [6, 6.07) is 7.76. The van der Waals surface area contributed by atoms with Crippen LogP contribution in [0.25, 0.3) is 10.9 Å². The minimum atomic E-state index is -0.931. The van der Waals surface area contributed by atoms with E-state index in [1.807, 2.05) is 31.2 Å². The van der Waals surface area contributed by atoms with Crippen molar-refractivity contribution in [1.82, 2.24) is 4.98 Å². The van der Waals surface area contributed by atoms with Crippen molar-refractivity contribution in [2.24, 2.45) is 0 Å². The van der Waals surface area contributed by atoms with Gasteiger partial charge in [0, 0.05) is 16.6 Å². The zero-order valence-corrected chi connectivity index (χ0v) is 7.74. The first-order valence-corrected chi connectivity index (χ1v) is 4.33. The Hall–Kier alpha value is -1.77. The Morgan fingerprint density at radius 1 is 1.43 bits per heavy atom. The number of para-hydroxylation sites is 1. The van der Waals surface area contributed by atoms with Gasteiger partial charge in [0.05, 0.1) is 0 Å². The van der Waals surface area contributed by atoms with Gasteiger partial charge in [0.25, 0.3) is 0 Å². The van der Waals surface area contributed by atoms with Crippen LogP contribution in [0.5, 0.6) is 0 Å². The first-order chi connectivity index (χ1) is 6.68. The molecule has 2 aromatic rings. The van der Waals surface area contributed by atoms with Crippen molar-refractivity contribution in [3.63, 3.8) is 0 Å². The van der Waals surface area contributed by atoms with E-state index < -0.39 is 5.97 Å². The molecule has 0 bridgehead atoms. The Labute approximate surface area is 81.4 Å². The summed E-state index contributed by atoms with van der Waals surface area (Å²) in [5.41, 5.74) is 2.61. The number of aryl methyl sites for hydroxylation is 1. The van der Waals surface area contributed by atoms with Gasteiger partial charge in [-0.25, -0.2) is 0 Å². The molecule has 0 unspecified atom stereocenters. The van der Waals surface area contributed by atoms with Crippen LogP contribution in [0.1, 0.15) is 11.3 Å². The first kappa shape index (κ1) is 8.81. The van der Waals surface area contributed by atoms with E-state index in [0.717, 1.165) is 16.5 Å². The highest BCUT2D eigenvalue weighted by atomic mass is 16.4. The van der Waals surface area contributed by atoms with Crippen LogP contribution in [0.15, 0.2) is 24.3 Å². The summed E-state index contributed by atoms with van der Waals surface area (Å²) >= 11 is 0. The number of nitrogens with one attached hydrogen (secondary N) is 1. The lowest BCUT2D eigenvalue weighted by Crippen LogP contribution is -1.98. The minimum Gasteiger partial charge on any atom is -0.481 e. The fourth-order valence-corrected chi connectivity index (χ4v) is 1.57. The summed E-state index contributed by atoms with van der Waals surface area (Å²) < 4.78 is 0. The molecule has 2 N–H and O–H groups in total. The third-order valence-corrected chi connectivity index (χ3v) is 2.27. The van der Waals surface area contributed by atoms with E-state index in [0.29, 0.717) is 5.69 Å². The van der Waals surface area contributed by atoms with E-state index in [9.17, 15) is 4.79 Å². The number of aromatic amines is 1. The number of carbonyl (C=O) groups is 1. The molecule has 0 fully saturated rings. The van der Waals surface area contributed by atoms with E-state index >= 15 is 0 Å². The Morgan fingerprint density at radius 3 is 2.79 bits per heavy atom. The summed E-state index contributed by atoms with van der Waals surface area (Å²) in [6.45, 7) is 1.91. The topological polar surface area (TPSA) is 53.1 Å². The highest BCUT2D eigenvalue weighted by molar-refractivity contribution is 5.89. The molecule has 0 aliphatic heterocycles. The maximum absolute atomic E-state index is 10.5. The van der Waals surface area contributed by atoms with E-state index in [4.69, 9.17) is 5.11 Å². The second kappa shape index (κ2) is 3.18. The molecule has 14 heavy (non-hydrogen) atoms. The average Bonchev–Trinajstić information content (AvgIpc) is 2.44. The zero-order valence-electron chi connectivity index (χ0n) is 7.74. The third kappa shape index (κ3) is 1.37. The van der Waals surface area contributed by atoms with E-state index in [2.05, 4.69) is 4.98 Å². The van der Waals surface area contributed by atoms with Gasteiger partial charge in [-0.05, 0) is 18.6 Å². The molecule has 0 spiro atoms. The van der Waals surface area contributed by atoms with Crippen LogP contribution in [0.3, 0.4) is 0 Å². The van der Waals surface area contributed by atoms with Gasteiger partial charge in [-0.3, -0.25) is 4.79 Å². The molecular weight excluding hydrogens is 178 g/mol. The summed E-state index contributed by atoms with van der Waals surface area (Å²) in [4.78, 5) is 13.6. The predicted molar refractivity (Wildman–Crippen MR) is 54.1 cm³/mol. The number of H-pyrrole nitrogens is 1. The van der Waals surface area contributed by atoms with Crippen molar-refractivity contribution in [1.29, 1.82) is 0 Å². The Kier molecular flexibility index (Phi) is 2.00. The van der Waals surface area contributed by atoms with Crippen molar-refractivity contribution >= 4 is 16.9 Å². The molecule has 1 aromatic heterocycles. The SMILES string of the molecule is Cc1c([CH]C(=O)O)[nH]c2ccccc12. The Morgan fingerprint density at radius 2 is 2.14 bits per heavy atom. The van der Waals surface area contributed by atoms with Crippen LogP contribution in [0, 0.1) is 13.3 Å². The third-order valence-electron chi connectivity index (χ3n) is 2.27. The van der Waals surface area contributed by atoms with Crippen molar-refractivity contribution in [3.8, 4) is 0 Å². The predicted octanol–water partition coefficient (Wildman–Crippen LogP) is 2.11. The van der Waals surface area contributed by atoms with Gasteiger partial charge < -0.3 is 10.1 Å². The molecule has 3 heteroatoms. The highest BCUT2D eigenvalue weighted by Gasteiger charge is 2.09. The monoisotopic (exact) mass is 188 g/mol. The summed E-state index contributed by atoms with van der Waals surface area (Å²) in [5, 5.41) is 9.71. The number of hydrogen-bond acceptors (Lipinski definition) is 1. The van der Waals surface area contributed by atoms with Gasteiger partial charge in [0.15, 0.2) is 0 Å². The molecular formula is C11H10NO2. The first-order valence-electron chi connectivity index (χ1n) is 4.33. The van der Waals surface area contributed by atoms with Crippen molar-refractivity contribution in [3.05, 3.63) is 41.9 Å². The number of fused-ring (bicyclic) bond motifs is 1. The number of rotatable bonds is 2. The Bertz CT molecular complexity index is 485. The van der Waals surface area contributed by atoms with Gasteiger partial charge in [-0.15, -0.1) is 0 Å². The number of aliphatic carboxylic acids is 1. The van der Waals surface area contributed by atoms with Crippen molar-refractivity contribution in [2.75, 3.05) is 0 Å². The largest absolute Gasteiger partial charge is 0.481 e. The van der Waals surface area contributed by atoms with E-state index in [-0.39, 0.29) is 0 Å². The standard InChI is InChI=1S/C11H10NO2/c1-7-8-4-2-3-5-9(8)12-10(7)6-11(13)14/h2-6,12H,1H3,(H,13,14). The quantitative estimate of drug-likeness (QED) is 0.758. The molecule has 0 amide bonds. The summed E-state index contributed by atoms with van der Waals surface area (Å²) in [7, 11) is 0. The maximum Gasteiger partial charge on any atom is 0.313 e. The van der Waals surface area contributed by atoms with Crippen LogP contribution in [0.4, 0.5) is 0 Å². The molecule has 2 rings (SSSR count). The molecule has 0 aliphatic carbocycles. The van der Waals surface area contributed by atoms with Crippen LogP contribution >= 0.6 is 0 Å². The fraction of sp³-hybridized carbons (Fsp3) is 0.0909. The molecule has 1 heterocycles. The molecule has 1 aromatic carbocycles. The molecule has 71 valence electrons. The number of hydrogen-bond donors (Lipinski definition) is 2. The average molecular weight is 188 g/mol. The van der Waals surface area contributed by atoms with Crippen LogP contribution in [0.2, 0.25) is 0 Å². The summed E-state index contributed by atoms with van der Waals surface area (Å²) in [5.74, 6) is -0.931. The maximum atomic E-state index is 10.5. The van der Waals surface area contributed by atoms with Crippen LogP contribution in [-0.2, 0) is 4.79 Å². The van der Waals surface area contributed by atoms with Gasteiger partial charge >= 0.3 is 5.97 Å². The van der Waals surface area contributed by atoms with Crippen molar-refractivity contribution in [2.45, 2.75) is 6.92 Å². The normalized spacial score (nSPS) is 10.6. The number of carboxylic acids is 1. The molecule has 0 atom stereocenters. The smallest absolute Gasteiger partial charge is 0.313 e. The Balaban J connectivity index is 2.57. The second-order valence-electron chi connectivity index (χ2n) is 3.19. The number of carboxylic acid groups (broad SMARTS) is 1. The fourth-order valence-electron chi connectivity index (χ4n) is 1.57. The lowest BCUT2D eigenvalue weighted by Gasteiger charge is -1.92. The number of benzene rings is 1. The molecule has 0 saturated carbocycles. The molecule has 0 saturated heterocycles. The second-order valence-corrected chi connectivity index (χ2v) is 3.19. The van der Waals surface area contributed by atoms with E-state index in [1.54, 1.807) is 0 Å². The molecule has 3 nitrogen and oxygen atoms in total. The van der Waals surface area contributed by atoms with Gasteiger partial charge in [0.1, 0.15) is 6.42 Å². The number of aromatic nitrogens is 1. The van der Waals surface area contributed by atoms with Crippen molar-refractivity contribution < 1.29 is 9.90 Å². The van der Waals surface area contributed by atoms with Gasteiger partial charge in [-0.2, -0.15) is 0 Å². The highest BCUT2D eigenvalue weighted by Crippen LogP contribution is 2.21. The van der Waals surface area contributed by atoms with Crippen LogP contribution < -0.4 is 0 Å². The van der Waals surface area contributed by atoms with Gasteiger partial charge in [0.2, 0.25) is 0 Å². The summed E-state index contributed by atoms with van der Waals surface area (Å²) in [6.07, 6.45) is 1.19. The lowest BCUT2D eigenvalue weighted by molar-refractivity contribution is -0.132. The lowest BCUT2D eigenvalue weighted by atomic mass is 10.1.